The molecule has 3 aromatic carbocycles. The first-order valence-electron chi connectivity index (χ1n) is 14.5. The second kappa shape index (κ2) is 10.5. The average molecular weight is 575 g/mol. The SMILES string of the molecule is CO[C@@H]1c2cc(N3C(=O)c4cccc5cccc3c45)ccc2O[C@H](C(CC(=O)N2CCC[C@H]2CO)[Si](C)(C)O)[C@H]1C. The van der Waals surface area contributed by atoms with Gasteiger partial charge in [0.1, 0.15) is 11.9 Å². The lowest BCUT2D eigenvalue weighted by atomic mass is 9.86. The van der Waals surface area contributed by atoms with Gasteiger partial charge in [0.05, 0.1) is 30.0 Å². The third-order valence-corrected chi connectivity index (χ3v) is 11.6. The van der Waals surface area contributed by atoms with Crippen molar-refractivity contribution in [3.63, 3.8) is 0 Å². The van der Waals surface area contributed by atoms with Crippen LogP contribution in [0.5, 0.6) is 5.75 Å². The topological polar surface area (TPSA) is 99.5 Å². The Balaban J connectivity index is 1.33. The van der Waals surface area contributed by atoms with E-state index in [1.807, 2.05) is 74.6 Å². The molecule has 2 amide bonds. The van der Waals surface area contributed by atoms with Gasteiger partial charge < -0.3 is 24.3 Å². The van der Waals surface area contributed by atoms with E-state index in [9.17, 15) is 19.5 Å². The average Bonchev–Trinajstić information content (AvgIpc) is 3.55. The Bertz CT molecular complexity index is 1500. The summed E-state index contributed by atoms with van der Waals surface area (Å²) in [4.78, 5) is 41.9. The summed E-state index contributed by atoms with van der Waals surface area (Å²) in [6.45, 7) is 6.33. The van der Waals surface area contributed by atoms with Crippen molar-refractivity contribution in [1.29, 1.82) is 0 Å². The molecule has 6 rings (SSSR count). The number of fused-ring (bicyclic) bond motifs is 1. The van der Waals surface area contributed by atoms with Crippen molar-refractivity contribution in [2.75, 3.05) is 25.2 Å². The number of amides is 2. The Morgan fingerprint density at radius 2 is 1.93 bits per heavy atom. The maximum Gasteiger partial charge on any atom is 0.263 e. The summed E-state index contributed by atoms with van der Waals surface area (Å²) in [5.74, 6) is 0.356. The Hall–Kier alpha value is -3.24. The summed E-state index contributed by atoms with van der Waals surface area (Å²) >= 11 is 0. The smallest absolute Gasteiger partial charge is 0.263 e. The van der Waals surface area contributed by atoms with Crippen molar-refractivity contribution in [3.05, 3.63) is 65.7 Å². The summed E-state index contributed by atoms with van der Waals surface area (Å²) in [5.41, 5.74) is 2.75. The van der Waals surface area contributed by atoms with E-state index in [-0.39, 0.29) is 48.4 Å². The van der Waals surface area contributed by atoms with Crippen LogP contribution in [0.25, 0.3) is 10.8 Å². The molecule has 1 saturated heterocycles. The molecule has 3 heterocycles. The number of hydrogen-bond acceptors (Lipinski definition) is 6. The zero-order valence-electron chi connectivity index (χ0n) is 24.0. The monoisotopic (exact) mass is 574 g/mol. The number of methoxy groups -OCH3 is 1. The fourth-order valence-corrected chi connectivity index (χ4v) is 8.95. The lowest BCUT2D eigenvalue weighted by molar-refractivity contribution is -0.133. The van der Waals surface area contributed by atoms with Gasteiger partial charge in [-0.2, -0.15) is 0 Å². The maximum absolute atomic E-state index is 13.6. The van der Waals surface area contributed by atoms with Crippen LogP contribution in [-0.2, 0) is 9.53 Å². The molecule has 8 nitrogen and oxygen atoms in total. The summed E-state index contributed by atoms with van der Waals surface area (Å²) in [6.07, 6.45) is 1.04. The van der Waals surface area contributed by atoms with Gasteiger partial charge in [0.2, 0.25) is 5.91 Å². The first kappa shape index (κ1) is 27.9. The maximum atomic E-state index is 13.6. The number of nitrogens with zero attached hydrogens (tertiary/aromatic N) is 2. The van der Waals surface area contributed by atoms with Crippen LogP contribution in [-0.4, -0.2) is 67.3 Å². The number of ether oxygens (including phenoxy) is 2. The Morgan fingerprint density at radius 1 is 1.17 bits per heavy atom. The summed E-state index contributed by atoms with van der Waals surface area (Å²) in [5, 5.41) is 11.7. The van der Waals surface area contributed by atoms with Gasteiger partial charge >= 0.3 is 0 Å². The van der Waals surface area contributed by atoms with Crippen LogP contribution in [0, 0.1) is 5.92 Å². The van der Waals surface area contributed by atoms with Gasteiger partial charge in [-0.1, -0.05) is 31.2 Å². The molecule has 216 valence electrons. The van der Waals surface area contributed by atoms with Crippen molar-refractivity contribution in [1.82, 2.24) is 4.90 Å². The fraction of sp³-hybridized carbons (Fsp3) is 0.438. The van der Waals surface area contributed by atoms with Crippen LogP contribution in [0.15, 0.2) is 54.6 Å². The minimum Gasteiger partial charge on any atom is -0.490 e. The van der Waals surface area contributed by atoms with Crippen molar-refractivity contribution >= 4 is 42.3 Å². The second-order valence-corrected chi connectivity index (χ2v) is 16.2. The van der Waals surface area contributed by atoms with E-state index in [4.69, 9.17) is 9.47 Å². The normalized spacial score (nSPS) is 24.5. The number of aliphatic hydroxyl groups excluding tert-OH is 1. The number of aliphatic hydroxyl groups is 1. The first-order chi connectivity index (χ1) is 19.6. The van der Waals surface area contributed by atoms with E-state index in [1.165, 1.54) is 0 Å². The molecule has 0 radical (unpaired) electrons. The van der Waals surface area contributed by atoms with Gasteiger partial charge in [-0.25, -0.2) is 0 Å². The Morgan fingerprint density at radius 3 is 2.63 bits per heavy atom. The standard InChI is InChI=1S/C32H38N2O6Si/c1-19-30(39-2)24-16-21(34-25-12-6-9-20-8-5-11-23(29(20)25)32(34)37)13-14-26(24)40-31(19)27(41(3,4)38)17-28(36)33-15-7-10-22(33)18-35/h5-6,8-9,11-14,16,19,22,27,30-31,35,38H,7,10,15,17-18H2,1-4H3/t19-,22-,27?,30-,31-/m0/s1. The molecule has 9 heteroatoms. The molecule has 0 spiro atoms. The number of hydrogen-bond donors (Lipinski definition) is 2. The third kappa shape index (κ3) is 4.65. The number of rotatable bonds is 7. The van der Waals surface area contributed by atoms with Gasteiger partial charge in [-0.3, -0.25) is 14.5 Å². The summed E-state index contributed by atoms with van der Waals surface area (Å²) in [6, 6.07) is 17.3. The predicted octanol–water partition coefficient (Wildman–Crippen LogP) is 5.16. The zero-order chi connectivity index (χ0) is 29.1. The third-order valence-electron chi connectivity index (χ3n) is 9.23. The van der Waals surface area contributed by atoms with E-state index in [0.29, 0.717) is 17.9 Å². The van der Waals surface area contributed by atoms with Crippen LogP contribution in [0.1, 0.15) is 48.2 Å². The minimum atomic E-state index is -2.87. The molecule has 3 aromatic rings. The number of carbonyl (C=O) groups excluding carboxylic acids is 2. The highest BCUT2D eigenvalue weighted by molar-refractivity contribution is 6.71. The molecule has 1 unspecified atom stereocenters. The van der Waals surface area contributed by atoms with Crippen LogP contribution >= 0.6 is 0 Å². The minimum absolute atomic E-state index is 0.0478. The van der Waals surface area contributed by atoms with Crippen molar-refractivity contribution < 1.29 is 29.0 Å². The van der Waals surface area contributed by atoms with Crippen LogP contribution < -0.4 is 9.64 Å². The molecule has 2 N–H and O–H groups in total. The molecule has 0 saturated carbocycles. The number of carbonyl (C=O) groups is 2. The summed E-state index contributed by atoms with van der Waals surface area (Å²) < 4.78 is 12.7. The molecule has 3 aliphatic heterocycles. The molecule has 41 heavy (non-hydrogen) atoms. The molecule has 0 aliphatic carbocycles. The van der Waals surface area contributed by atoms with E-state index in [2.05, 4.69) is 0 Å². The van der Waals surface area contributed by atoms with Gasteiger partial charge in [-0.05, 0) is 61.7 Å². The predicted molar refractivity (Wildman–Crippen MR) is 160 cm³/mol. The quantitative estimate of drug-likeness (QED) is 0.379. The highest BCUT2D eigenvalue weighted by Crippen LogP contribution is 2.49. The van der Waals surface area contributed by atoms with Crippen LogP contribution in [0.3, 0.4) is 0 Å². The van der Waals surface area contributed by atoms with Crippen molar-refractivity contribution in [2.24, 2.45) is 5.92 Å². The molecular formula is C32H38N2O6Si. The Kier molecular flexibility index (Phi) is 7.18. The lowest BCUT2D eigenvalue weighted by Crippen LogP contribution is -2.50. The second-order valence-electron chi connectivity index (χ2n) is 12.2. The van der Waals surface area contributed by atoms with Gasteiger partial charge in [0.25, 0.3) is 5.91 Å². The number of anilines is 2. The van der Waals surface area contributed by atoms with E-state index >= 15 is 0 Å². The Labute approximate surface area is 241 Å². The number of benzene rings is 3. The van der Waals surface area contributed by atoms with Gasteiger partial charge in [0, 0.05) is 48.2 Å². The van der Waals surface area contributed by atoms with Crippen molar-refractivity contribution in [3.8, 4) is 5.75 Å². The first-order valence-corrected chi connectivity index (χ1v) is 17.5. The van der Waals surface area contributed by atoms with E-state index < -0.39 is 14.4 Å². The highest BCUT2D eigenvalue weighted by Gasteiger charge is 2.48. The molecule has 5 atom stereocenters. The van der Waals surface area contributed by atoms with Gasteiger partial charge in [-0.15, -0.1) is 0 Å². The molecular weight excluding hydrogens is 536 g/mol. The van der Waals surface area contributed by atoms with Crippen molar-refractivity contribution in [2.45, 2.75) is 63.1 Å². The lowest BCUT2D eigenvalue weighted by Gasteiger charge is -2.44. The van der Waals surface area contributed by atoms with Crippen LogP contribution in [0.4, 0.5) is 11.4 Å². The van der Waals surface area contributed by atoms with Gasteiger partial charge in [0.15, 0.2) is 8.32 Å². The van der Waals surface area contributed by atoms with E-state index in [1.54, 1.807) is 16.9 Å². The molecule has 1 fully saturated rings. The molecule has 0 aromatic heterocycles. The van der Waals surface area contributed by atoms with E-state index in [0.717, 1.165) is 40.6 Å². The number of likely N-dealkylation sites (tertiary alicyclic amines) is 1. The summed E-state index contributed by atoms with van der Waals surface area (Å²) in [7, 11) is -1.21. The van der Waals surface area contributed by atoms with Crippen LogP contribution in [0.2, 0.25) is 18.6 Å². The molecule has 0 bridgehead atoms. The highest BCUT2D eigenvalue weighted by atomic mass is 28.4. The fourth-order valence-electron chi connectivity index (χ4n) is 7.10. The molecule has 3 aliphatic rings. The zero-order valence-corrected chi connectivity index (χ0v) is 25.0. The largest absolute Gasteiger partial charge is 0.490 e.